The minimum Gasteiger partial charge on any atom is -0.497 e. The van der Waals surface area contributed by atoms with Crippen molar-refractivity contribution in [1.82, 2.24) is 21.0 Å². The lowest BCUT2D eigenvalue weighted by atomic mass is 10.1. The Balaban J connectivity index is 1.56. The number of ether oxygens (including phenoxy) is 1. The second-order valence-electron chi connectivity index (χ2n) is 5.82. The molecule has 0 unspecified atom stereocenters. The molecule has 3 rings (SSSR count). The molecule has 2 aromatic carbocycles. The van der Waals surface area contributed by atoms with Gasteiger partial charge < -0.3 is 4.74 Å². The van der Waals surface area contributed by atoms with Crippen LogP contribution in [-0.4, -0.2) is 29.1 Å². The molecule has 0 saturated carbocycles. The van der Waals surface area contributed by atoms with Crippen LogP contribution in [0, 0.1) is 5.82 Å². The van der Waals surface area contributed by atoms with Gasteiger partial charge in [0.15, 0.2) is 0 Å². The molecular formula is C19H16BrFN4O3. The van der Waals surface area contributed by atoms with Crippen LogP contribution >= 0.6 is 15.9 Å². The normalized spacial score (nSPS) is 10.4. The zero-order chi connectivity index (χ0) is 20.1. The summed E-state index contributed by atoms with van der Waals surface area (Å²) in [5.74, 6) is -0.680. The first kappa shape index (κ1) is 19.6. The van der Waals surface area contributed by atoms with Crippen molar-refractivity contribution in [1.29, 1.82) is 0 Å². The molecule has 1 heterocycles. The Bertz CT molecular complexity index is 1000. The first-order valence-corrected chi connectivity index (χ1v) is 8.98. The van der Waals surface area contributed by atoms with E-state index in [1.807, 2.05) is 12.1 Å². The van der Waals surface area contributed by atoms with Gasteiger partial charge in [0, 0.05) is 5.56 Å². The number of rotatable bonds is 5. The number of benzene rings is 2. The van der Waals surface area contributed by atoms with Crippen LogP contribution in [0.5, 0.6) is 5.75 Å². The van der Waals surface area contributed by atoms with Crippen LogP contribution in [0.2, 0.25) is 0 Å². The van der Waals surface area contributed by atoms with E-state index in [0.29, 0.717) is 17.0 Å². The van der Waals surface area contributed by atoms with Gasteiger partial charge in [0.1, 0.15) is 17.3 Å². The lowest BCUT2D eigenvalue weighted by Gasteiger charge is -2.06. The monoisotopic (exact) mass is 446 g/mol. The Labute approximate surface area is 168 Å². The number of aromatic nitrogens is 2. The van der Waals surface area contributed by atoms with Gasteiger partial charge in [-0.3, -0.25) is 25.5 Å². The maximum absolute atomic E-state index is 13.2. The number of aromatic amines is 1. The van der Waals surface area contributed by atoms with Crippen molar-refractivity contribution < 1.29 is 18.7 Å². The third kappa shape index (κ3) is 4.74. The molecule has 144 valence electrons. The van der Waals surface area contributed by atoms with Crippen molar-refractivity contribution in [3.05, 3.63) is 70.1 Å². The average Bonchev–Trinajstić information content (AvgIpc) is 3.19. The van der Waals surface area contributed by atoms with Gasteiger partial charge >= 0.3 is 0 Å². The quantitative estimate of drug-likeness (QED) is 0.524. The van der Waals surface area contributed by atoms with Crippen molar-refractivity contribution in [2.24, 2.45) is 0 Å². The number of nitrogens with zero attached hydrogens (tertiary/aromatic N) is 1. The summed E-state index contributed by atoms with van der Waals surface area (Å²) in [5.41, 5.74) is 6.81. The molecule has 0 bridgehead atoms. The molecule has 0 fully saturated rings. The van der Waals surface area contributed by atoms with Gasteiger partial charge in [-0.1, -0.05) is 6.07 Å². The molecule has 2 amide bonds. The smallest absolute Gasteiger partial charge is 0.287 e. The largest absolute Gasteiger partial charge is 0.497 e. The zero-order valence-corrected chi connectivity index (χ0v) is 16.3. The number of amides is 2. The number of nitrogens with one attached hydrogen (secondary N) is 3. The fourth-order valence-corrected chi connectivity index (χ4v) is 2.85. The predicted molar refractivity (Wildman–Crippen MR) is 104 cm³/mol. The van der Waals surface area contributed by atoms with Gasteiger partial charge in [-0.05, 0) is 64.0 Å². The van der Waals surface area contributed by atoms with E-state index in [1.165, 1.54) is 18.2 Å². The molecule has 9 heteroatoms. The highest BCUT2D eigenvalue weighted by Crippen LogP contribution is 2.21. The fraction of sp³-hybridized carbons (Fsp3) is 0.105. The van der Waals surface area contributed by atoms with Crippen LogP contribution < -0.4 is 15.6 Å². The molecule has 0 atom stereocenters. The Kier molecular flexibility index (Phi) is 6.05. The van der Waals surface area contributed by atoms with Gasteiger partial charge in [0.2, 0.25) is 5.91 Å². The number of hydrogen-bond donors (Lipinski definition) is 3. The van der Waals surface area contributed by atoms with Crippen LogP contribution in [-0.2, 0) is 11.2 Å². The third-order valence-corrected chi connectivity index (χ3v) is 4.48. The van der Waals surface area contributed by atoms with Crippen LogP contribution in [0.15, 0.2) is 53.0 Å². The SMILES string of the molecule is COc1ccc(-c2cc(C(=O)NNC(=O)Cc3ccc(F)c(Br)c3)[nH]n2)cc1. The third-order valence-electron chi connectivity index (χ3n) is 3.87. The van der Waals surface area contributed by atoms with Crippen LogP contribution in [0.3, 0.4) is 0 Å². The minimum atomic E-state index is -0.541. The molecule has 28 heavy (non-hydrogen) atoms. The van der Waals surface area contributed by atoms with E-state index in [1.54, 1.807) is 25.3 Å². The van der Waals surface area contributed by atoms with Gasteiger partial charge in [-0.25, -0.2) is 4.39 Å². The summed E-state index contributed by atoms with van der Waals surface area (Å²) in [6, 6.07) is 13.1. The van der Waals surface area contributed by atoms with E-state index in [4.69, 9.17) is 4.74 Å². The average molecular weight is 447 g/mol. The minimum absolute atomic E-state index is 0.0146. The number of carbonyl (C=O) groups excluding carboxylic acids is 2. The first-order chi connectivity index (χ1) is 13.5. The molecule has 0 radical (unpaired) electrons. The van der Waals surface area contributed by atoms with Crippen molar-refractivity contribution in [2.45, 2.75) is 6.42 Å². The summed E-state index contributed by atoms with van der Waals surface area (Å²) in [4.78, 5) is 24.1. The van der Waals surface area contributed by atoms with Crippen LogP contribution in [0.25, 0.3) is 11.3 Å². The number of hydrazine groups is 1. The summed E-state index contributed by atoms with van der Waals surface area (Å²) in [7, 11) is 1.58. The molecule has 0 saturated heterocycles. The number of carbonyl (C=O) groups is 2. The summed E-state index contributed by atoms with van der Waals surface area (Å²) < 4.78 is 18.6. The number of hydrogen-bond acceptors (Lipinski definition) is 4. The topological polar surface area (TPSA) is 96.1 Å². The summed E-state index contributed by atoms with van der Waals surface area (Å²) in [6.45, 7) is 0. The standard InChI is InChI=1S/C19H16BrFN4O3/c1-28-13-5-3-12(4-6-13)16-10-17(23-22-16)19(27)25-24-18(26)9-11-2-7-15(21)14(20)8-11/h2-8,10H,9H2,1H3,(H,22,23)(H,24,26)(H,25,27). The van der Waals surface area contributed by atoms with Crippen molar-refractivity contribution in [3.8, 4) is 17.0 Å². The molecule has 7 nitrogen and oxygen atoms in total. The van der Waals surface area contributed by atoms with Gasteiger partial charge in [0.25, 0.3) is 5.91 Å². The molecule has 1 aromatic heterocycles. The van der Waals surface area contributed by atoms with E-state index in [9.17, 15) is 14.0 Å². The van der Waals surface area contributed by atoms with Gasteiger partial charge in [-0.2, -0.15) is 5.10 Å². The zero-order valence-electron chi connectivity index (χ0n) is 14.8. The molecule has 3 aromatic rings. The van der Waals surface area contributed by atoms with Crippen molar-refractivity contribution in [3.63, 3.8) is 0 Å². The molecule has 3 N–H and O–H groups in total. The van der Waals surface area contributed by atoms with E-state index in [2.05, 4.69) is 37.0 Å². The molecular weight excluding hydrogens is 431 g/mol. The summed E-state index contributed by atoms with van der Waals surface area (Å²) in [6.07, 6.45) is -0.0146. The van der Waals surface area contributed by atoms with Crippen LogP contribution in [0.4, 0.5) is 4.39 Å². The van der Waals surface area contributed by atoms with Gasteiger partial charge in [-0.15, -0.1) is 0 Å². The molecule has 0 aliphatic carbocycles. The molecule has 0 aliphatic heterocycles. The summed E-state index contributed by atoms with van der Waals surface area (Å²) in [5, 5.41) is 6.72. The number of methoxy groups -OCH3 is 1. The highest BCUT2D eigenvalue weighted by molar-refractivity contribution is 9.10. The first-order valence-electron chi connectivity index (χ1n) is 8.19. The second-order valence-corrected chi connectivity index (χ2v) is 6.68. The van der Waals surface area contributed by atoms with E-state index in [0.717, 1.165) is 5.56 Å². The predicted octanol–water partition coefficient (Wildman–Crippen LogP) is 2.99. The van der Waals surface area contributed by atoms with E-state index in [-0.39, 0.29) is 16.6 Å². The molecule has 0 aliphatic rings. The maximum Gasteiger partial charge on any atom is 0.287 e. The summed E-state index contributed by atoms with van der Waals surface area (Å²) >= 11 is 3.06. The van der Waals surface area contributed by atoms with Crippen molar-refractivity contribution >= 4 is 27.7 Å². The lowest BCUT2D eigenvalue weighted by molar-refractivity contribution is -0.121. The Hall–Kier alpha value is -3.20. The van der Waals surface area contributed by atoms with E-state index >= 15 is 0 Å². The molecule has 0 spiro atoms. The Morgan fingerprint density at radius 2 is 1.89 bits per heavy atom. The van der Waals surface area contributed by atoms with E-state index < -0.39 is 17.6 Å². The highest BCUT2D eigenvalue weighted by atomic mass is 79.9. The van der Waals surface area contributed by atoms with Crippen molar-refractivity contribution in [2.75, 3.05) is 7.11 Å². The second kappa shape index (κ2) is 8.66. The fourth-order valence-electron chi connectivity index (χ4n) is 2.42. The highest BCUT2D eigenvalue weighted by Gasteiger charge is 2.13. The Morgan fingerprint density at radius 3 is 2.57 bits per heavy atom. The van der Waals surface area contributed by atoms with Gasteiger partial charge in [0.05, 0.1) is 23.7 Å². The Morgan fingerprint density at radius 1 is 1.14 bits per heavy atom. The lowest BCUT2D eigenvalue weighted by Crippen LogP contribution is -2.42. The number of H-pyrrole nitrogens is 1. The maximum atomic E-state index is 13.2. The van der Waals surface area contributed by atoms with Crippen LogP contribution in [0.1, 0.15) is 16.1 Å². The number of halogens is 2.